The molecule has 788 valence electrons. The second-order valence-corrected chi connectivity index (χ2v) is 48.1. The number of carboxylic acids is 8. The van der Waals surface area contributed by atoms with Crippen LogP contribution in [0.15, 0.2) is 0 Å². The Bertz CT molecular complexity index is 3470. The fourth-order valence-electron chi connectivity index (χ4n) is 16.6. The number of halogens is 12. The lowest BCUT2D eigenvalue weighted by molar-refractivity contribution is -0.144. The first-order chi connectivity index (χ1) is 60.5. The highest BCUT2D eigenvalue weighted by molar-refractivity contribution is 8.00. The standard InChI is InChI=1S/C12H22F2N2O2.C12H23FN2O2.C11H19F2NO3.2C11H19F2NO2S.C11H20FNO3.2C11H20FNO2S/c1-11(2,3)16-8-12(13,14)5-9(16)6-15(4)7-10(17)18;1-12(2,3)15-6-9(13)5-10(15)7-14(4)8-11(16)17;2*1-10(2,3)14-4-8(11(12,13)7-14)5-17-6-9(15)16;1-10(2,3)14-7-11(12,13)4-8(14)5-17-6-9(15)16;2*1-11(2,3)13-4-8(9(12)5-13)6-16-7-10(14)15;1-11(2,3)13-5-8(12)4-9(13)6-16-7-10(14)15/h9H,5-8H2,1-4H3,(H,17,18);9-10H,5-8H2,1-4H3,(H,16,17);3*8H,4-7H2,1-3H3,(H,15,16);3*8-9H,4-7H2,1-3H3,(H,14,15). The van der Waals surface area contributed by atoms with Crippen molar-refractivity contribution in [2.75, 3.05) is 191 Å². The predicted molar refractivity (Wildman–Crippen MR) is 505 cm³/mol. The molecule has 8 saturated heterocycles. The summed E-state index contributed by atoms with van der Waals surface area (Å²) in [6.45, 7) is 50.2. The summed E-state index contributed by atoms with van der Waals surface area (Å²) in [6, 6.07) is -0.271. The third kappa shape index (κ3) is 50.5. The van der Waals surface area contributed by atoms with E-state index in [1.165, 1.54) is 35.3 Å². The third-order valence-corrected chi connectivity index (χ3v) is 27.8. The Balaban J connectivity index is 0.000000766. The van der Waals surface area contributed by atoms with Gasteiger partial charge >= 0.3 is 47.8 Å². The van der Waals surface area contributed by atoms with Gasteiger partial charge in [-0.15, -0.1) is 47.0 Å². The molecule has 0 saturated carbocycles. The number of ether oxygens (including phenoxy) is 2. The van der Waals surface area contributed by atoms with Crippen LogP contribution in [0, 0.1) is 23.7 Å². The molecule has 8 heterocycles. The average Bonchev–Trinajstić information content (AvgIpc) is 1.63. The largest absolute Gasteiger partial charge is 0.481 e. The molecule has 0 aliphatic carbocycles. The normalized spacial score (nSPS) is 26.0. The van der Waals surface area contributed by atoms with Gasteiger partial charge in [-0.3, -0.25) is 77.8 Å². The average molecular weight is 2030 g/mol. The first kappa shape index (κ1) is 128. The first-order valence-electron chi connectivity index (χ1n) is 45.2. The van der Waals surface area contributed by atoms with E-state index in [4.69, 9.17) is 50.3 Å². The van der Waals surface area contributed by atoms with E-state index >= 15 is 0 Å². The molecule has 8 aliphatic rings. The molecule has 0 spiro atoms. The first-order valence-corrected chi connectivity index (χ1v) is 49.8. The Hall–Kier alpha value is -4.16. The maximum atomic E-state index is 13.7. The molecular formula is C90H162F12N10O18S4. The molecule has 0 aromatic rings. The van der Waals surface area contributed by atoms with Gasteiger partial charge in [-0.05, 0) is 193 Å². The minimum absolute atomic E-state index is 0.00342. The Morgan fingerprint density at radius 1 is 0.328 bits per heavy atom. The maximum Gasteiger partial charge on any atom is 0.329 e. The van der Waals surface area contributed by atoms with E-state index in [2.05, 4.69) is 81.9 Å². The third-order valence-electron chi connectivity index (χ3n) is 23.5. The molecule has 44 heteroatoms. The Kier molecular flexibility index (Phi) is 52.4. The van der Waals surface area contributed by atoms with Gasteiger partial charge < -0.3 is 50.3 Å². The summed E-state index contributed by atoms with van der Waals surface area (Å²) in [5, 5.41) is 68.2. The lowest BCUT2D eigenvalue weighted by atomic mass is 10.0. The zero-order valence-electron chi connectivity index (χ0n) is 83.9. The van der Waals surface area contributed by atoms with Crippen LogP contribution in [0.2, 0.25) is 0 Å². The van der Waals surface area contributed by atoms with Gasteiger partial charge in [-0.2, -0.15) is 0 Å². The fourth-order valence-corrected chi connectivity index (χ4v) is 20.1. The summed E-state index contributed by atoms with van der Waals surface area (Å²) in [5.41, 5.74) is -1.41. The number of hydrogen-bond donors (Lipinski definition) is 8. The van der Waals surface area contributed by atoms with Crippen LogP contribution in [0.25, 0.3) is 0 Å². The lowest BCUT2D eigenvalue weighted by Gasteiger charge is -2.38. The van der Waals surface area contributed by atoms with Gasteiger partial charge in [0.05, 0.1) is 81.4 Å². The van der Waals surface area contributed by atoms with Crippen LogP contribution in [0.1, 0.15) is 192 Å². The highest BCUT2D eigenvalue weighted by atomic mass is 32.2. The van der Waals surface area contributed by atoms with Crippen LogP contribution in [-0.2, 0) is 47.8 Å². The van der Waals surface area contributed by atoms with Crippen LogP contribution in [0.3, 0.4) is 0 Å². The number of thioether (sulfide) groups is 4. The molecule has 12 unspecified atom stereocenters. The van der Waals surface area contributed by atoms with Gasteiger partial charge in [-0.1, -0.05) is 0 Å². The Morgan fingerprint density at radius 3 is 0.985 bits per heavy atom. The van der Waals surface area contributed by atoms with Gasteiger partial charge in [0, 0.05) is 188 Å². The highest BCUT2D eigenvalue weighted by Gasteiger charge is 2.54. The van der Waals surface area contributed by atoms with Crippen molar-refractivity contribution in [2.45, 2.75) is 309 Å². The number of carboxylic acid groups (broad SMARTS) is 8. The van der Waals surface area contributed by atoms with Gasteiger partial charge in [0.1, 0.15) is 37.9 Å². The molecule has 28 nitrogen and oxygen atoms in total. The maximum absolute atomic E-state index is 13.7. The van der Waals surface area contributed by atoms with E-state index in [0.29, 0.717) is 82.5 Å². The molecule has 0 aromatic heterocycles. The van der Waals surface area contributed by atoms with Crippen molar-refractivity contribution in [1.29, 1.82) is 0 Å². The molecule has 134 heavy (non-hydrogen) atoms. The molecule has 0 radical (unpaired) electrons. The monoisotopic (exact) mass is 2030 g/mol. The van der Waals surface area contributed by atoms with Crippen molar-refractivity contribution in [2.24, 2.45) is 23.7 Å². The zero-order valence-corrected chi connectivity index (χ0v) is 87.1. The molecule has 12 atom stereocenters. The van der Waals surface area contributed by atoms with Gasteiger partial charge in [-0.25, -0.2) is 62.3 Å². The van der Waals surface area contributed by atoms with E-state index in [1.807, 2.05) is 104 Å². The van der Waals surface area contributed by atoms with Gasteiger partial charge in [0.25, 0.3) is 23.7 Å². The fraction of sp³-hybridized carbons (Fsp3) is 0.911. The Morgan fingerprint density at radius 2 is 0.634 bits per heavy atom. The highest BCUT2D eigenvalue weighted by Crippen LogP contribution is 2.43. The minimum Gasteiger partial charge on any atom is -0.481 e. The summed E-state index contributed by atoms with van der Waals surface area (Å²) in [5.74, 6) is -18.2. The molecule has 8 fully saturated rings. The molecule has 8 rings (SSSR count). The van der Waals surface area contributed by atoms with Crippen LogP contribution in [0.5, 0.6) is 0 Å². The number of rotatable bonds is 32. The number of likely N-dealkylation sites (tertiary alicyclic amines) is 8. The van der Waals surface area contributed by atoms with Crippen molar-refractivity contribution in [3.8, 4) is 0 Å². The minimum atomic E-state index is -2.81. The molecule has 8 N–H and O–H groups in total. The molecule has 0 amide bonds. The van der Waals surface area contributed by atoms with Crippen molar-refractivity contribution >= 4 is 94.8 Å². The zero-order chi connectivity index (χ0) is 104. The SMILES string of the molecule is CC(C)(C)N1CC(COCC(=O)O)C(F)(F)C1.CC(C)(C)N1CC(CSCC(=O)O)C(F)(F)C1.CC(C)(C)N1CC(F)(F)CC1CSCC(=O)O.CC(C)(C)N1CC(F)C(COCC(=O)O)C1.CC(C)(C)N1CC(F)C(CSCC(=O)O)C1.CC(C)(C)N1CC(F)CC1CSCC(=O)O.CN(CC(=O)O)CC1CC(F)(F)CN1C(C)(C)C.CN(CC(=O)O)CC1CC(F)CN1C(C)(C)C. The second kappa shape index (κ2) is 54.9. The summed E-state index contributed by atoms with van der Waals surface area (Å²) in [6.07, 6.45) is -2.64. The van der Waals surface area contributed by atoms with Gasteiger partial charge in [0.15, 0.2) is 0 Å². The second-order valence-electron chi connectivity index (χ2n) is 44.0. The number of likely N-dealkylation sites (N-methyl/N-ethyl adjacent to an activating group) is 2. The van der Waals surface area contributed by atoms with E-state index in [0.717, 1.165) is 18.3 Å². The topological polar surface area (TPSA) is 349 Å². The molecule has 0 aromatic carbocycles. The van der Waals surface area contributed by atoms with Crippen LogP contribution in [0.4, 0.5) is 52.7 Å². The van der Waals surface area contributed by atoms with E-state index in [1.54, 1.807) is 43.5 Å². The number of alkyl halides is 12. The number of nitrogens with zero attached hydrogens (tertiary/aromatic N) is 10. The summed E-state index contributed by atoms with van der Waals surface area (Å²) in [4.78, 5) is 102. The van der Waals surface area contributed by atoms with Crippen LogP contribution in [-0.4, -0.2) is 446 Å². The van der Waals surface area contributed by atoms with Crippen molar-refractivity contribution in [1.82, 2.24) is 49.0 Å². The number of hydrogen-bond acceptors (Lipinski definition) is 24. The summed E-state index contributed by atoms with van der Waals surface area (Å²) < 4.78 is 172. The smallest absolute Gasteiger partial charge is 0.329 e. The van der Waals surface area contributed by atoms with E-state index < -0.39 is 115 Å². The molecular weight excluding hydrogens is 1870 g/mol. The quantitative estimate of drug-likeness (QED) is 0.0290. The predicted octanol–water partition coefficient (Wildman–Crippen LogP) is 13.7. The summed E-state index contributed by atoms with van der Waals surface area (Å²) >= 11 is 4.95. The number of aliphatic carboxylic acids is 8. The number of carbonyl (C=O) groups is 8. The van der Waals surface area contributed by atoms with Crippen LogP contribution < -0.4 is 0 Å². The molecule has 0 bridgehead atoms. The molecule has 8 aliphatic heterocycles. The summed E-state index contributed by atoms with van der Waals surface area (Å²) in [7, 11) is 3.41. The van der Waals surface area contributed by atoms with E-state index in [9.17, 15) is 91.0 Å². The van der Waals surface area contributed by atoms with Gasteiger partial charge in [0.2, 0.25) is 0 Å². The van der Waals surface area contributed by atoms with E-state index in [-0.39, 0.29) is 188 Å². The van der Waals surface area contributed by atoms with Crippen LogP contribution >= 0.6 is 47.0 Å². The Labute approximate surface area is 804 Å². The van der Waals surface area contributed by atoms with Crippen molar-refractivity contribution < 1.29 is 141 Å². The van der Waals surface area contributed by atoms with Crippen molar-refractivity contribution in [3.05, 3.63) is 0 Å². The van der Waals surface area contributed by atoms with Crippen molar-refractivity contribution in [3.63, 3.8) is 0 Å². The lowest BCUT2D eigenvalue weighted by Crippen LogP contribution is -2.49.